The van der Waals surface area contributed by atoms with Gasteiger partial charge in [0.15, 0.2) is 5.69 Å². The minimum absolute atomic E-state index is 0.0369. The lowest BCUT2D eigenvalue weighted by Gasteiger charge is -2.17. The van der Waals surface area contributed by atoms with Gasteiger partial charge < -0.3 is 9.84 Å². The van der Waals surface area contributed by atoms with Gasteiger partial charge in [0.05, 0.1) is 0 Å². The van der Waals surface area contributed by atoms with Crippen LogP contribution >= 0.6 is 0 Å². The topological polar surface area (TPSA) is 84.7 Å². The van der Waals surface area contributed by atoms with Gasteiger partial charge in [0, 0.05) is 18.8 Å². The number of benzene rings is 2. The highest BCUT2D eigenvalue weighted by Gasteiger charge is 2.22. The van der Waals surface area contributed by atoms with Gasteiger partial charge >= 0.3 is 12.1 Å². The molecule has 0 saturated carbocycles. The van der Waals surface area contributed by atoms with Crippen molar-refractivity contribution in [3.05, 3.63) is 72.2 Å². The standard InChI is InChI=1S/C18H14FN3O4/c1-21(12-7-3-2-4-8-12)18(25)26-16-11-14(17(23)24)20-22(16)15-10-6-5-9-13(15)19/h2-11H,1H3,(H,23,24). The molecule has 0 spiro atoms. The number of carboxylic acids is 1. The second-order valence-electron chi connectivity index (χ2n) is 5.30. The van der Waals surface area contributed by atoms with Crippen molar-refractivity contribution in [2.75, 3.05) is 11.9 Å². The number of nitrogens with zero attached hydrogens (tertiary/aromatic N) is 3. The first-order chi connectivity index (χ1) is 12.5. The van der Waals surface area contributed by atoms with E-state index in [9.17, 15) is 14.0 Å². The van der Waals surface area contributed by atoms with E-state index >= 15 is 0 Å². The Hall–Kier alpha value is -3.68. The van der Waals surface area contributed by atoms with Crippen LogP contribution in [0.5, 0.6) is 5.88 Å². The predicted molar refractivity (Wildman–Crippen MR) is 91.4 cm³/mol. The van der Waals surface area contributed by atoms with Crippen LogP contribution in [-0.4, -0.2) is 34.0 Å². The zero-order valence-electron chi connectivity index (χ0n) is 13.7. The number of halogens is 1. The minimum atomic E-state index is -1.33. The molecule has 0 bridgehead atoms. The first-order valence-corrected chi connectivity index (χ1v) is 7.56. The predicted octanol–water partition coefficient (Wildman–Crippen LogP) is 3.34. The van der Waals surface area contributed by atoms with Crippen LogP contribution in [0.25, 0.3) is 5.69 Å². The number of ether oxygens (including phenoxy) is 1. The van der Waals surface area contributed by atoms with Gasteiger partial charge in [-0.3, -0.25) is 4.90 Å². The van der Waals surface area contributed by atoms with Gasteiger partial charge in [-0.05, 0) is 24.3 Å². The van der Waals surface area contributed by atoms with Gasteiger partial charge in [-0.15, -0.1) is 0 Å². The fourth-order valence-electron chi connectivity index (χ4n) is 2.25. The molecule has 1 N–H and O–H groups in total. The summed E-state index contributed by atoms with van der Waals surface area (Å²) in [6.07, 6.45) is -0.773. The van der Waals surface area contributed by atoms with Crippen molar-refractivity contribution in [1.29, 1.82) is 0 Å². The maximum atomic E-state index is 14.1. The number of hydrogen-bond donors (Lipinski definition) is 1. The fraction of sp³-hybridized carbons (Fsp3) is 0.0556. The van der Waals surface area contributed by atoms with Crippen LogP contribution in [0.1, 0.15) is 10.5 Å². The van der Waals surface area contributed by atoms with Gasteiger partial charge in [0.25, 0.3) is 0 Å². The molecule has 0 fully saturated rings. The number of hydrogen-bond acceptors (Lipinski definition) is 4. The summed E-state index contributed by atoms with van der Waals surface area (Å²) in [4.78, 5) is 24.8. The number of aromatic nitrogens is 2. The third-order valence-electron chi connectivity index (χ3n) is 3.59. The molecule has 1 aromatic heterocycles. The molecule has 132 valence electrons. The quantitative estimate of drug-likeness (QED) is 0.776. The van der Waals surface area contributed by atoms with Crippen LogP contribution < -0.4 is 9.64 Å². The molecule has 0 aliphatic heterocycles. The first kappa shape index (κ1) is 17.2. The summed E-state index contributed by atoms with van der Waals surface area (Å²) in [6, 6.07) is 15.4. The van der Waals surface area contributed by atoms with Crippen LogP contribution in [-0.2, 0) is 0 Å². The van der Waals surface area contributed by atoms with E-state index in [1.165, 1.54) is 30.1 Å². The molecule has 3 rings (SSSR count). The monoisotopic (exact) mass is 355 g/mol. The van der Waals surface area contributed by atoms with Crippen molar-refractivity contribution >= 4 is 17.7 Å². The van der Waals surface area contributed by atoms with Gasteiger partial charge in [-0.2, -0.15) is 9.78 Å². The molecule has 0 aliphatic carbocycles. The molecular weight excluding hydrogens is 341 g/mol. The Morgan fingerprint density at radius 1 is 1.12 bits per heavy atom. The number of anilines is 1. The van der Waals surface area contributed by atoms with Crippen LogP contribution in [0.2, 0.25) is 0 Å². The molecule has 26 heavy (non-hydrogen) atoms. The molecular formula is C18H14FN3O4. The zero-order valence-corrected chi connectivity index (χ0v) is 13.7. The van der Waals surface area contributed by atoms with E-state index in [2.05, 4.69) is 5.10 Å². The lowest BCUT2D eigenvalue weighted by Crippen LogP contribution is -2.30. The van der Waals surface area contributed by atoms with Gasteiger partial charge in [0.2, 0.25) is 5.88 Å². The summed E-state index contributed by atoms with van der Waals surface area (Å²) < 4.78 is 20.3. The normalized spacial score (nSPS) is 10.4. The van der Waals surface area contributed by atoms with E-state index in [1.54, 1.807) is 36.4 Å². The third-order valence-corrected chi connectivity index (χ3v) is 3.59. The Kier molecular flexibility index (Phi) is 4.66. The minimum Gasteiger partial charge on any atom is -0.476 e. The first-order valence-electron chi connectivity index (χ1n) is 7.56. The SMILES string of the molecule is CN(C(=O)Oc1cc(C(=O)O)nn1-c1ccccc1F)c1ccccc1. The highest BCUT2D eigenvalue weighted by atomic mass is 19.1. The third kappa shape index (κ3) is 3.39. The lowest BCUT2D eigenvalue weighted by atomic mass is 10.3. The highest BCUT2D eigenvalue weighted by Crippen LogP contribution is 2.23. The van der Waals surface area contributed by atoms with Crippen molar-refractivity contribution in [2.45, 2.75) is 0 Å². The summed E-state index contributed by atoms with van der Waals surface area (Å²) >= 11 is 0. The number of carbonyl (C=O) groups is 2. The number of rotatable bonds is 4. The van der Waals surface area contributed by atoms with Crippen LogP contribution in [0.15, 0.2) is 60.7 Å². The highest BCUT2D eigenvalue weighted by molar-refractivity contribution is 5.89. The average Bonchev–Trinajstić information content (AvgIpc) is 3.06. The summed E-state index contributed by atoms with van der Waals surface area (Å²) in [7, 11) is 1.50. The van der Waals surface area contributed by atoms with Crippen molar-refractivity contribution in [2.24, 2.45) is 0 Å². The van der Waals surface area contributed by atoms with Gasteiger partial charge in [-0.25, -0.2) is 14.0 Å². The van der Waals surface area contributed by atoms with E-state index in [4.69, 9.17) is 9.84 Å². The maximum Gasteiger partial charge on any atom is 0.420 e. The molecule has 0 atom stereocenters. The number of amides is 1. The molecule has 8 heteroatoms. The Balaban J connectivity index is 1.95. The smallest absolute Gasteiger partial charge is 0.420 e. The van der Waals surface area contributed by atoms with Crippen molar-refractivity contribution in [1.82, 2.24) is 9.78 Å². The molecule has 1 heterocycles. The molecule has 0 unspecified atom stereocenters. The van der Waals surface area contributed by atoms with Gasteiger partial charge in [0.1, 0.15) is 11.5 Å². The van der Waals surface area contributed by atoms with E-state index in [0.717, 1.165) is 10.7 Å². The Bertz CT molecular complexity index is 956. The Morgan fingerprint density at radius 2 is 1.77 bits per heavy atom. The van der Waals surface area contributed by atoms with Crippen LogP contribution in [0, 0.1) is 5.82 Å². The largest absolute Gasteiger partial charge is 0.476 e. The van der Waals surface area contributed by atoms with E-state index in [0.29, 0.717) is 5.69 Å². The molecule has 0 aliphatic rings. The average molecular weight is 355 g/mol. The van der Waals surface area contributed by atoms with E-state index in [-0.39, 0.29) is 17.3 Å². The van der Waals surface area contributed by atoms with Gasteiger partial charge in [-0.1, -0.05) is 30.3 Å². The van der Waals surface area contributed by atoms with Crippen molar-refractivity contribution in [3.8, 4) is 11.6 Å². The number of carboxylic acid groups (broad SMARTS) is 1. The molecule has 0 saturated heterocycles. The second-order valence-corrected chi connectivity index (χ2v) is 5.30. The summed E-state index contributed by atoms with van der Waals surface area (Å²) in [5.41, 5.74) is 0.163. The van der Waals surface area contributed by atoms with Crippen molar-refractivity contribution < 1.29 is 23.8 Å². The van der Waals surface area contributed by atoms with Crippen LogP contribution in [0.4, 0.5) is 14.9 Å². The molecule has 7 nitrogen and oxygen atoms in total. The summed E-state index contributed by atoms with van der Waals surface area (Å²) in [5.74, 6) is -2.17. The fourth-order valence-corrected chi connectivity index (χ4v) is 2.25. The Labute approximate surface area is 147 Å². The number of carbonyl (C=O) groups excluding carboxylic acids is 1. The van der Waals surface area contributed by atoms with Crippen LogP contribution in [0.3, 0.4) is 0 Å². The number of para-hydroxylation sites is 2. The molecule has 0 radical (unpaired) electrons. The molecule has 1 amide bonds. The zero-order chi connectivity index (χ0) is 18.7. The van der Waals surface area contributed by atoms with E-state index < -0.39 is 17.9 Å². The van der Waals surface area contributed by atoms with E-state index in [1.807, 2.05) is 0 Å². The number of aromatic carboxylic acids is 1. The van der Waals surface area contributed by atoms with Crippen molar-refractivity contribution in [3.63, 3.8) is 0 Å². The summed E-state index contributed by atoms with van der Waals surface area (Å²) in [5, 5.41) is 12.9. The lowest BCUT2D eigenvalue weighted by molar-refractivity contribution is 0.0690. The Morgan fingerprint density at radius 3 is 2.42 bits per heavy atom. The molecule has 2 aromatic carbocycles. The summed E-state index contributed by atoms with van der Waals surface area (Å²) in [6.45, 7) is 0. The maximum absolute atomic E-state index is 14.1. The second kappa shape index (κ2) is 7.06. The molecule has 3 aromatic rings.